The summed E-state index contributed by atoms with van der Waals surface area (Å²) in [6, 6.07) is 9.74. The van der Waals surface area contributed by atoms with Crippen LogP contribution in [-0.2, 0) is 0 Å². The lowest BCUT2D eigenvalue weighted by Gasteiger charge is -2.13. The van der Waals surface area contributed by atoms with Crippen LogP contribution < -0.4 is 5.73 Å². The molecule has 0 amide bonds. The zero-order valence-electron chi connectivity index (χ0n) is 9.40. The number of benzene rings is 1. The zero-order chi connectivity index (χ0) is 11.3. The summed E-state index contributed by atoms with van der Waals surface area (Å²) in [6.45, 7) is 4.40. The molecular formula is C13H18N2. The fraction of sp³-hybridized carbons (Fsp3) is 0.462. The van der Waals surface area contributed by atoms with Gasteiger partial charge in [0.2, 0.25) is 0 Å². The number of hydrogen-bond acceptors (Lipinski definition) is 2. The minimum atomic E-state index is 0.0974. The van der Waals surface area contributed by atoms with Crippen molar-refractivity contribution in [2.24, 2.45) is 11.7 Å². The highest BCUT2D eigenvalue weighted by molar-refractivity contribution is 5.32. The number of hydrogen-bond donors (Lipinski definition) is 1. The van der Waals surface area contributed by atoms with Crippen LogP contribution in [0.25, 0.3) is 0 Å². The Morgan fingerprint density at radius 2 is 1.80 bits per heavy atom. The Morgan fingerprint density at radius 3 is 2.27 bits per heavy atom. The van der Waals surface area contributed by atoms with Crippen molar-refractivity contribution in [2.45, 2.75) is 32.7 Å². The number of rotatable bonds is 4. The van der Waals surface area contributed by atoms with Crippen molar-refractivity contribution in [2.75, 3.05) is 0 Å². The maximum absolute atomic E-state index is 8.66. The van der Waals surface area contributed by atoms with E-state index in [1.54, 1.807) is 0 Å². The van der Waals surface area contributed by atoms with Gasteiger partial charge in [-0.05, 0) is 36.5 Å². The van der Waals surface area contributed by atoms with E-state index in [2.05, 4.69) is 19.9 Å². The third kappa shape index (κ3) is 3.73. The maximum atomic E-state index is 8.66. The van der Waals surface area contributed by atoms with E-state index in [-0.39, 0.29) is 6.04 Å². The molecule has 2 N–H and O–H groups in total. The second kappa shape index (κ2) is 5.53. The predicted octanol–water partition coefficient (Wildman–Crippen LogP) is 2.99. The van der Waals surface area contributed by atoms with E-state index in [0.717, 1.165) is 18.4 Å². The molecule has 0 spiro atoms. The molecule has 0 radical (unpaired) electrons. The summed E-state index contributed by atoms with van der Waals surface area (Å²) in [5, 5.41) is 8.66. The van der Waals surface area contributed by atoms with Gasteiger partial charge in [0.15, 0.2) is 0 Å². The standard InChI is InChI=1S/C13H18N2/c1-10(2)3-8-13(15)12-6-4-11(9-14)5-7-12/h4-7,10,13H,3,8,15H2,1-2H3/t13-/m0/s1. The second-order valence-corrected chi connectivity index (χ2v) is 4.31. The number of nitrogens with zero attached hydrogens (tertiary/aromatic N) is 1. The molecule has 0 aromatic heterocycles. The van der Waals surface area contributed by atoms with Crippen LogP contribution in [0.4, 0.5) is 0 Å². The minimum Gasteiger partial charge on any atom is -0.324 e. The van der Waals surface area contributed by atoms with Gasteiger partial charge in [0.25, 0.3) is 0 Å². The Bertz CT molecular complexity index is 333. The van der Waals surface area contributed by atoms with E-state index in [0.29, 0.717) is 11.5 Å². The quantitative estimate of drug-likeness (QED) is 0.816. The molecule has 1 aromatic rings. The lowest BCUT2D eigenvalue weighted by atomic mass is 9.98. The van der Waals surface area contributed by atoms with Crippen molar-refractivity contribution >= 4 is 0 Å². The second-order valence-electron chi connectivity index (χ2n) is 4.31. The largest absolute Gasteiger partial charge is 0.324 e. The van der Waals surface area contributed by atoms with Crippen LogP contribution in [0.15, 0.2) is 24.3 Å². The number of nitriles is 1. The molecule has 2 nitrogen and oxygen atoms in total. The molecule has 80 valence electrons. The van der Waals surface area contributed by atoms with E-state index < -0.39 is 0 Å². The Balaban J connectivity index is 2.58. The molecule has 0 unspecified atom stereocenters. The zero-order valence-corrected chi connectivity index (χ0v) is 9.40. The first-order valence-corrected chi connectivity index (χ1v) is 5.39. The fourth-order valence-corrected chi connectivity index (χ4v) is 1.48. The minimum absolute atomic E-state index is 0.0974. The highest BCUT2D eigenvalue weighted by atomic mass is 14.6. The van der Waals surface area contributed by atoms with Crippen LogP contribution in [0, 0.1) is 17.2 Å². The summed E-state index contributed by atoms with van der Waals surface area (Å²) in [5.74, 6) is 0.689. The van der Waals surface area contributed by atoms with Crippen LogP contribution in [0.5, 0.6) is 0 Å². The molecule has 0 heterocycles. The van der Waals surface area contributed by atoms with Gasteiger partial charge in [0, 0.05) is 6.04 Å². The van der Waals surface area contributed by atoms with Crippen LogP contribution in [0.1, 0.15) is 43.9 Å². The normalized spacial score (nSPS) is 12.5. The van der Waals surface area contributed by atoms with Crippen molar-refractivity contribution in [3.63, 3.8) is 0 Å². The van der Waals surface area contributed by atoms with Crippen molar-refractivity contribution in [3.8, 4) is 6.07 Å². The van der Waals surface area contributed by atoms with Gasteiger partial charge in [-0.25, -0.2) is 0 Å². The summed E-state index contributed by atoms with van der Waals surface area (Å²) in [5.41, 5.74) is 7.86. The Labute approximate surface area is 91.7 Å². The molecule has 2 heteroatoms. The maximum Gasteiger partial charge on any atom is 0.0991 e. The molecule has 0 saturated carbocycles. The van der Waals surface area contributed by atoms with Gasteiger partial charge in [-0.15, -0.1) is 0 Å². The Hall–Kier alpha value is -1.33. The predicted molar refractivity (Wildman–Crippen MR) is 62.2 cm³/mol. The molecule has 0 aliphatic heterocycles. The van der Waals surface area contributed by atoms with Gasteiger partial charge in [0.05, 0.1) is 11.6 Å². The Morgan fingerprint density at radius 1 is 1.20 bits per heavy atom. The Kier molecular flexibility index (Phi) is 4.33. The van der Waals surface area contributed by atoms with Crippen molar-refractivity contribution in [3.05, 3.63) is 35.4 Å². The van der Waals surface area contributed by atoms with Crippen LogP contribution in [0.3, 0.4) is 0 Å². The first-order chi connectivity index (χ1) is 7.13. The van der Waals surface area contributed by atoms with Crippen molar-refractivity contribution in [1.29, 1.82) is 5.26 Å². The lowest BCUT2D eigenvalue weighted by molar-refractivity contribution is 0.507. The molecule has 1 rings (SSSR count). The average Bonchev–Trinajstić information content (AvgIpc) is 2.26. The molecule has 15 heavy (non-hydrogen) atoms. The first-order valence-electron chi connectivity index (χ1n) is 5.39. The van der Waals surface area contributed by atoms with Gasteiger partial charge >= 0.3 is 0 Å². The van der Waals surface area contributed by atoms with Gasteiger partial charge in [0.1, 0.15) is 0 Å². The molecule has 0 aliphatic carbocycles. The highest BCUT2D eigenvalue weighted by Crippen LogP contribution is 2.18. The molecule has 0 aliphatic rings. The summed E-state index contributed by atoms with van der Waals surface area (Å²) < 4.78 is 0. The van der Waals surface area contributed by atoms with E-state index in [1.807, 2.05) is 24.3 Å². The number of nitrogens with two attached hydrogens (primary N) is 1. The van der Waals surface area contributed by atoms with Crippen molar-refractivity contribution in [1.82, 2.24) is 0 Å². The van der Waals surface area contributed by atoms with Gasteiger partial charge < -0.3 is 5.73 Å². The third-order valence-electron chi connectivity index (χ3n) is 2.52. The topological polar surface area (TPSA) is 49.8 Å². The van der Waals surface area contributed by atoms with E-state index in [4.69, 9.17) is 11.0 Å². The van der Waals surface area contributed by atoms with Gasteiger partial charge in [-0.1, -0.05) is 26.0 Å². The van der Waals surface area contributed by atoms with Gasteiger partial charge in [-0.3, -0.25) is 0 Å². The van der Waals surface area contributed by atoms with Crippen LogP contribution in [-0.4, -0.2) is 0 Å². The van der Waals surface area contributed by atoms with Crippen LogP contribution >= 0.6 is 0 Å². The van der Waals surface area contributed by atoms with Gasteiger partial charge in [-0.2, -0.15) is 5.26 Å². The monoisotopic (exact) mass is 202 g/mol. The van der Waals surface area contributed by atoms with Crippen molar-refractivity contribution < 1.29 is 0 Å². The van der Waals surface area contributed by atoms with E-state index >= 15 is 0 Å². The summed E-state index contributed by atoms with van der Waals surface area (Å²) >= 11 is 0. The first kappa shape index (κ1) is 11.7. The average molecular weight is 202 g/mol. The smallest absolute Gasteiger partial charge is 0.0991 e. The highest BCUT2D eigenvalue weighted by Gasteiger charge is 2.06. The fourth-order valence-electron chi connectivity index (χ4n) is 1.48. The summed E-state index contributed by atoms with van der Waals surface area (Å²) in [4.78, 5) is 0. The molecule has 0 bridgehead atoms. The molecule has 0 fully saturated rings. The third-order valence-corrected chi connectivity index (χ3v) is 2.52. The molecule has 1 aromatic carbocycles. The van der Waals surface area contributed by atoms with Crippen LogP contribution in [0.2, 0.25) is 0 Å². The summed E-state index contributed by atoms with van der Waals surface area (Å²) in [6.07, 6.45) is 2.14. The SMILES string of the molecule is CC(C)CC[C@H](N)c1ccc(C#N)cc1. The molecular weight excluding hydrogens is 184 g/mol. The van der Waals surface area contributed by atoms with E-state index in [1.165, 1.54) is 0 Å². The molecule has 1 atom stereocenters. The molecule has 0 saturated heterocycles. The lowest BCUT2D eigenvalue weighted by Crippen LogP contribution is -2.11. The van der Waals surface area contributed by atoms with E-state index in [9.17, 15) is 0 Å². The summed E-state index contributed by atoms with van der Waals surface area (Å²) in [7, 11) is 0.